The van der Waals surface area contributed by atoms with Crippen LogP contribution in [0.2, 0.25) is 0 Å². The molecule has 1 spiro atoms. The molecule has 0 aliphatic carbocycles. The molecule has 5 heteroatoms. The Bertz CT molecular complexity index is 666. The Morgan fingerprint density at radius 3 is 2.46 bits per heavy atom. The fourth-order valence-electron chi connectivity index (χ4n) is 4.58. The minimum atomic E-state index is -0.885. The van der Waals surface area contributed by atoms with Crippen molar-refractivity contribution in [2.45, 2.75) is 58.5 Å². The molecule has 1 aromatic carbocycles. The molecule has 1 atom stereocenters. The Labute approximate surface area is 168 Å². The summed E-state index contributed by atoms with van der Waals surface area (Å²) in [6.07, 6.45) is 3.88. The number of rotatable bonds is 6. The van der Waals surface area contributed by atoms with Gasteiger partial charge in [-0.3, -0.25) is 9.59 Å². The largest absolute Gasteiger partial charge is 0.383 e. The lowest BCUT2D eigenvalue weighted by Gasteiger charge is -2.47. The minimum absolute atomic E-state index is 0.128. The second-order valence-corrected chi connectivity index (χ2v) is 9.02. The predicted octanol–water partition coefficient (Wildman–Crippen LogP) is 2.87. The van der Waals surface area contributed by atoms with E-state index in [1.165, 1.54) is 5.56 Å². The molecule has 2 fully saturated rings. The van der Waals surface area contributed by atoms with Crippen LogP contribution in [-0.2, 0) is 16.0 Å². The average molecular weight is 387 g/mol. The summed E-state index contributed by atoms with van der Waals surface area (Å²) in [6.45, 7) is 6.98. The molecule has 0 radical (unpaired) electrons. The van der Waals surface area contributed by atoms with Crippen molar-refractivity contribution in [1.82, 2.24) is 9.80 Å². The number of hydrogen-bond donors (Lipinski definition) is 1. The standard InChI is InChI=1S/C23H34N2O3/c1-18(2)16-20(26)22(28)24-14-11-23(12-15-24)10-8-21(27)25(17-23)13-9-19-6-4-3-5-7-19/h3-7,18,20,26H,8-17H2,1-2H3/t20-/m1/s1. The summed E-state index contributed by atoms with van der Waals surface area (Å²) in [5, 5.41) is 10.2. The van der Waals surface area contributed by atoms with E-state index in [0.29, 0.717) is 31.8 Å². The third-order valence-electron chi connectivity index (χ3n) is 6.38. The molecule has 1 N–H and O–H groups in total. The fourth-order valence-corrected chi connectivity index (χ4v) is 4.58. The van der Waals surface area contributed by atoms with Crippen LogP contribution in [0, 0.1) is 11.3 Å². The van der Waals surface area contributed by atoms with E-state index in [1.807, 2.05) is 41.8 Å². The van der Waals surface area contributed by atoms with Crippen molar-refractivity contribution in [2.75, 3.05) is 26.2 Å². The van der Waals surface area contributed by atoms with Crippen LogP contribution in [0.5, 0.6) is 0 Å². The quantitative estimate of drug-likeness (QED) is 0.818. The lowest BCUT2D eigenvalue weighted by molar-refractivity contribution is -0.147. The van der Waals surface area contributed by atoms with Gasteiger partial charge in [0.05, 0.1) is 0 Å². The van der Waals surface area contributed by atoms with E-state index in [1.54, 1.807) is 0 Å². The molecular weight excluding hydrogens is 352 g/mol. The molecular formula is C23H34N2O3. The normalized spacial score (nSPS) is 20.6. The Morgan fingerprint density at radius 2 is 1.82 bits per heavy atom. The predicted molar refractivity (Wildman–Crippen MR) is 110 cm³/mol. The number of nitrogens with zero attached hydrogens (tertiary/aromatic N) is 2. The van der Waals surface area contributed by atoms with E-state index < -0.39 is 6.10 Å². The van der Waals surface area contributed by atoms with Gasteiger partial charge < -0.3 is 14.9 Å². The van der Waals surface area contributed by atoms with Crippen LogP contribution in [0.1, 0.15) is 51.5 Å². The van der Waals surface area contributed by atoms with E-state index in [9.17, 15) is 14.7 Å². The summed E-state index contributed by atoms with van der Waals surface area (Å²) in [5.41, 5.74) is 1.39. The molecule has 2 saturated heterocycles. The first-order valence-electron chi connectivity index (χ1n) is 10.7. The number of carbonyl (C=O) groups excluding carboxylic acids is 2. The number of hydrogen-bond acceptors (Lipinski definition) is 3. The first-order valence-corrected chi connectivity index (χ1v) is 10.7. The second kappa shape index (κ2) is 9.08. The Morgan fingerprint density at radius 1 is 1.14 bits per heavy atom. The van der Waals surface area contributed by atoms with E-state index in [4.69, 9.17) is 0 Å². The van der Waals surface area contributed by atoms with Crippen molar-refractivity contribution in [1.29, 1.82) is 0 Å². The summed E-state index contributed by atoms with van der Waals surface area (Å²) in [4.78, 5) is 28.8. The Kier molecular flexibility index (Phi) is 6.76. The van der Waals surface area contributed by atoms with Crippen LogP contribution in [0.15, 0.2) is 30.3 Å². The lowest BCUT2D eigenvalue weighted by atomic mass is 9.72. The summed E-state index contributed by atoms with van der Waals surface area (Å²) in [6, 6.07) is 10.3. The van der Waals surface area contributed by atoms with Gasteiger partial charge in [-0.1, -0.05) is 44.2 Å². The molecule has 2 aliphatic heterocycles. The third kappa shape index (κ3) is 5.13. The van der Waals surface area contributed by atoms with E-state index in [-0.39, 0.29) is 17.2 Å². The van der Waals surface area contributed by atoms with Gasteiger partial charge >= 0.3 is 0 Å². The number of likely N-dealkylation sites (tertiary alicyclic amines) is 2. The van der Waals surface area contributed by atoms with Gasteiger partial charge in [0, 0.05) is 32.6 Å². The van der Waals surface area contributed by atoms with Crippen LogP contribution in [-0.4, -0.2) is 59.0 Å². The topological polar surface area (TPSA) is 60.9 Å². The molecule has 1 aromatic rings. The molecule has 2 aliphatic rings. The van der Waals surface area contributed by atoms with Gasteiger partial charge in [0.25, 0.3) is 5.91 Å². The maximum absolute atomic E-state index is 12.5. The summed E-state index contributed by atoms with van der Waals surface area (Å²) in [7, 11) is 0. The van der Waals surface area contributed by atoms with Crippen LogP contribution in [0.4, 0.5) is 0 Å². The summed E-state index contributed by atoms with van der Waals surface area (Å²) < 4.78 is 0. The number of aliphatic hydroxyl groups excluding tert-OH is 1. The first kappa shape index (κ1) is 20.8. The van der Waals surface area contributed by atoms with Gasteiger partial charge in [0.15, 0.2) is 0 Å². The molecule has 0 saturated carbocycles. The number of amides is 2. The van der Waals surface area contributed by atoms with Gasteiger partial charge in [-0.05, 0) is 49.0 Å². The van der Waals surface area contributed by atoms with Gasteiger partial charge in [-0.15, -0.1) is 0 Å². The summed E-state index contributed by atoms with van der Waals surface area (Å²) in [5.74, 6) is 0.432. The van der Waals surface area contributed by atoms with Crippen LogP contribution in [0.25, 0.3) is 0 Å². The molecule has 28 heavy (non-hydrogen) atoms. The molecule has 2 amide bonds. The average Bonchev–Trinajstić information content (AvgIpc) is 2.69. The third-order valence-corrected chi connectivity index (χ3v) is 6.38. The van der Waals surface area contributed by atoms with Gasteiger partial charge in [-0.2, -0.15) is 0 Å². The van der Waals surface area contributed by atoms with Gasteiger partial charge in [0.2, 0.25) is 5.91 Å². The zero-order valence-corrected chi connectivity index (χ0v) is 17.3. The second-order valence-electron chi connectivity index (χ2n) is 9.02. The van der Waals surface area contributed by atoms with Crippen LogP contribution >= 0.6 is 0 Å². The number of carbonyl (C=O) groups is 2. The van der Waals surface area contributed by atoms with Crippen LogP contribution < -0.4 is 0 Å². The van der Waals surface area contributed by atoms with Crippen molar-refractivity contribution >= 4 is 11.8 Å². The lowest BCUT2D eigenvalue weighted by Crippen LogP contribution is -2.53. The molecule has 3 rings (SSSR count). The summed E-state index contributed by atoms with van der Waals surface area (Å²) >= 11 is 0. The molecule has 0 unspecified atom stereocenters. The van der Waals surface area contributed by atoms with Crippen molar-refractivity contribution < 1.29 is 14.7 Å². The zero-order valence-electron chi connectivity index (χ0n) is 17.3. The zero-order chi connectivity index (χ0) is 20.1. The molecule has 0 bridgehead atoms. The van der Waals surface area contributed by atoms with Crippen molar-refractivity contribution in [3.8, 4) is 0 Å². The van der Waals surface area contributed by atoms with Gasteiger partial charge in [-0.25, -0.2) is 0 Å². The van der Waals surface area contributed by atoms with Gasteiger partial charge in [0.1, 0.15) is 6.10 Å². The van der Waals surface area contributed by atoms with Crippen molar-refractivity contribution in [3.05, 3.63) is 35.9 Å². The highest BCUT2D eigenvalue weighted by molar-refractivity contribution is 5.81. The Hall–Kier alpha value is -1.88. The van der Waals surface area contributed by atoms with E-state index >= 15 is 0 Å². The molecule has 2 heterocycles. The van der Waals surface area contributed by atoms with Crippen LogP contribution in [0.3, 0.4) is 0 Å². The van der Waals surface area contributed by atoms with Crippen molar-refractivity contribution in [2.24, 2.45) is 11.3 Å². The SMILES string of the molecule is CC(C)C[C@@H](O)C(=O)N1CCC2(CCC(=O)N(CCc3ccccc3)C2)CC1. The number of piperidine rings is 2. The smallest absolute Gasteiger partial charge is 0.251 e. The first-order chi connectivity index (χ1) is 13.4. The minimum Gasteiger partial charge on any atom is -0.383 e. The molecule has 5 nitrogen and oxygen atoms in total. The fraction of sp³-hybridized carbons (Fsp3) is 0.652. The highest BCUT2D eigenvalue weighted by Gasteiger charge is 2.42. The molecule has 154 valence electrons. The highest BCUT2D eigenvalue weighted by Crippen LogP contribution is 2.40. The highest BCUT2D eigenvalue weighted by atomic mass is 16.3. The maximum Gasteiger partial charge on any atom is 0.251 e. The Balaban J connectivity index is 1.54. The number of benzene rings is 1. The maximum atomic E-state index is 12.5. The molecule has 0 aromatic heterocycles. The van der Waals surface area contributed by atoms with E-state index in [2.05, 4.69) is 12.1 Å². The number of aliphatic hydroxyl groups is 1. The van der Waals surface area contributed by atoms with E-state index in [0.717, 1.165) is 38.8 Å². The monoisotopic (exact) mass is 386 g/mol. The van der Waals surface area contributed by atoms with Crippen molar-refractivity contribution in [3.63, 3.8) is 0 Å².